The molecule has 1 fully saturated rings. The van der Waals surface area contributed by atoms with Crippen LogP contribution in [-0.2, 0) is 27.4 Å². The summed E-state index contributed by atoms with van der Waals surface area (Å²) in [6.45, 7) is 4.93. The van der Waals surface area contributed by atoms with E-state index in [-0.39, 0.29) is 43.9 Å². The molecule has 6 rings (SSSR count). The van der Waals surface area contributed by atoms with E-state index in [0.29, 0.717) is 84.7 Å². The van der Waals surface area contributed by atoms with E-state index >= 15 is 0 Å². The van der Waals surface area contributed by atoms with Crippen molar-refractivity contribution in [3.05, 3.63) is 46.2 Å². The predicted octanol–water partition coefficient (Wildman–Crippen LogP) is 2.68. The van der Waals surface area contributed by atoms with Crippen LogP contribution in [0.15, 0.2) is 40.3 Å². The number of rotatable bonds is 10. The van der Waals surface area contributed by atoms with Crippen molar-refractivity contribution in [1.82, 2.24) is 19.8 Å². The van der Waals surface area contributed by atoms with Gasteiger partial charge in [-0.1, -0.05) is 24.8 Å². The van der Waals surface area contributed by atoms with Crippen LogP contribution >= 0.6 is 11.8 Å². The van der Waals surface area contributed by atoms with Gasteiger partial charge < -0.3 is 33.9 Å². The lowest BCUT2D eigenvalue weighted by molar-refractivity contribution is -0.134. The minimum Gasteiger partial charge on any atom is -0.454 e. The van der Waals surface area contributed by atoms with Crippen LogP contribution in [0.2, 0.25) is 0 Å². The van der Waals surface area contributed by atoms with E-state index < -0.39 is 5.25 Å². The second kappa shape index (κ2) is 12.5. The highest BCUT2D eigenvalue weighted by atomic mass is 32.2. The van der Waals surface area contributed by atoms with Gasteiger partial charge in [-0.15, -0.1) is 0 Å². The Morgan fingerprint density at radius 1 is 1.00 bits per heavy atom. The van der Waals surface area contributed by atoms with Crippen LogP contribution in [0.3, 0.4) is 0 Å². The molecule has 1 N–H and O–H groups in total. The summed E-state index contributed by atoms with van der Waals surface area (Å²) in [6.07, 6.45) is 1.19. The summed E-state index contributed by atoms with van der Waals surface area (Å²) < 4.78 is 28.7. The molecule has 0 bridgehead atoms. The van der Waals surface area contributed by atoms with E-state index in [1.807, 2.05) is 25.1 Å². The molecule has 0 aliphatic carbocycles. The first-order chi connectivity index (χ1) is 20.5. The summed E-state index contributed by atoms with van der Waals surface area (Å²) in [6, 6.07) is 8.89. The fraction of sp³-hybridized carbons (Fsp3) is 0.448. The maximum atomic E-state index is 13.7. The van der Waals surface area contributed by atoms with Crippen molar-refractivity contribution >= 4 is 34.5 Å². The largest absolute Gasteiger partial charge is 0.454 e. The molecule has 42 heavy (non-hydrogen) atoms. The van der Waals surface area contributed by atoms with Gasteiger partial charge >= 0.3 is 0 Å². The van der Waals surface area contributed by atoms with Crippen molar-refractivity contribution in [3.63, 3.8) is 0 Å². The third kappa shape index (κ3) is 5.97. The molecule has 1 aromatic heterocycles. The molecular weight excluding hydrogens is 564 g/mol. The van der Waals surface area contributed by atoms with Gasteiger partial charge in [0.1, 0.15) is 0 Å². The molecule has 13 heteroatoms. The zero-order valence-corrected chi connectivity index (χ0v) is 24.1. The highest BCUT2D eigenvalue weighted by molar-refractivity contribution is 8.00. The fourth-order valence-electron chi connectivity index (χ4n) is 5.04. The van der Waals surface area contributed by atoms with Crippen molar-refractivity contribution in [2.75, 3.05) is 39.9 Å². The molecule has 1 atom stereocenters. The van der Waals surface area contributed by atoms with Crippen LogP contribution in [0.25, 0.3) is 10.9 Å². The number of ether oxygens (including phenoxy) is 5. The number of benzene rings is 2. The number of hydrogen-bond donors (Lipinski definition) is 1. The SMILES string of the molecule is CC[C@H](Sc1nc2cc3c(cc2c(=O)n1CCCC(=O)NCc1ccc2c(c1)OCO2)OCO3)C(=O)N1CCOCC1. The molecule has 0 unspecified atom stereocenters. The molecule has 12 nitrogen and oxygen atoms in total. The van der Waals surface area contributed by atoms with Crippen LogP contribution in [0, 0.1) is 0 Å². The summed E-state index contributed by atoms with van der Waals surface area (Å²) >= 11 is 1.28. The second-order valence-electron chi connectivity index (χ2n) is 10.1. The number of aromatic nitrogens is 2. The number of nitrogens with one attached hydrogen (secondary N) is 1. The Kier molecular flexibility index (Phi) is 8.38. The predicted molar refractivity (Wildman–Crippen MR) is 153 cm³/mol. The van der Waals surface area contributed by atoms with Crippen LogP contribution in [-0.4, -0.2) is 71.4 Å². The first-order valence-electron chi connectivity index (χ1n) is 14.0. The Bertz CT molecular complexity index is 1550. The van der Waals surface area contributed by atoms with Gasteiger partial charge in [0.25, 0.3) is 5.56 Å². The van der Waals surface area contributed by atoms with Gasteiger partial charge in [0.15, 0.2) is 28.2 Å². The normalized spacial score (nSPS) is 16.1. The maximum absolute atomic E-state index is 13.7. The number of morpholine rings is 1. The number of nitrogens with zero attached hydrogens (tertiary/aromatic N) is 3. The number of fused-ring (bicyclic) bond motifs is 3. The molecule has 2 amide bonds. The number of carbonyl (C=O) groups is 2. The van der Waals surface area contributed by atoms with Crippen LogP contribution in [0.5, 0.6) is 23.0 Å². The first-order valence-corrected chi connectivity index (χ1v) is 14.9. The Hall–Kier alpha value is -3.97. The van der Waals surface area contributed by atoms with Crippen molar-refractivity contribution in [2.24, 2.45) is 0 Å². The number of carbonyl (C=O) groups excluding carboxylic acids is 2. The van der Waals surface area contributed by atoms with Crippen LogP contribution < -0.4 is 29.8 Å². The third-order valence-electron chi connectivity index (χ3n) is 7.34. The first kappa shape index (κ1) is 28.2. The van der Waals surface area contributed by atoms with Gasteiger partial charge in [-0.05, 0) is 36.6 Å². The van der Waals surface area contributed by atoms with Gasteiger partial charge in [0.05, 0.1) is 29.4 Å². The monoisotopic (exact) mass is 596 g/mol. The topological polar surface area (TPSA) is 130 Å². The van der Waals surface area contributed by atoms with E-state index in [2.05, 4.69) is 5.32 Å². The van der Waals surface area contributed by atoms with Crippen LogP contribution in [0.4, 0.5) is 0 Å². The minimum absolute atomic E-state index is 0.000257. The highest BCUT2D eigenvalue weighted by Gasteiger charge is 2.28. The molecule has 3 aliphatic rings. The summed E-state index contributed by atoms with van der Waals surface area (Å²) in [7, 11) is 0. The van der Waals surface area contributed by atoms with Crippen molar-refractivity contribution in [3.8, 4) is 23.0 Å². The van der Waals surface area contributed by atoms with Gasteiger partial charge in [-0.25, -0.2) is 4.98 Å². The molecular formula is C29H32N4O8S. The van der Waals surface area contributed by atoms with E-state index in [1.54, 1.807) is 21.6 Å². The zero-order valence-electron chi connectivity index (χ0n) is 23.3. The highest BCUT2D eigenvalue weighted by Crippen LogP contribution is 2.36. The van der Waals surface area contributed by atoms with Gasteiger partial charge in [0.2, 0.25) is 25.4 Å². The molecule has 3 aliphatic heterocycles. The van der Waals surface area contributed by atoms with Crippen molar-refractivity contribution < 1.29 is 33.3 Å². The summed E-state index contributed by atoms with van der Waals surface area (Å²) in [5.41, 5.74) is 1.11. The summed E-state index contributed by atoms with van der Waals surface area (Å²) in [5.74, 6) is 2.23. The Morgan fingerprint density at radius 3 is 2.48 bits per heavy atom. The average molecular weight is 597 g/mol. The van der Waals surface area contributed by atoms with Crippen LogP contribution in [0.1, 0.15) is 31.7 Å². The second-order valence-corrected chi connectivity index (χ2v) is 11.3. The maximum Gasteiger partial charge on any atom is 0.262 e. The lowest BCUT2D eigenvalue weighted by atomic mass is 10.2. The molecule has 4 heterocycles. The van der Waals surface area contributed by atoms with E-state index in [1.165, 1.54) is 11.8 Å². The molecule has 1 saturated heterocycles. The Labute approximate surface area is 246 Å². The van der Waals surface area contributed by atoms with Gasteiger partial charge in [-0.3, -0.25) is 19.0 Å². The van der Waals surface area contributed by atoms with Crippen molar-refractivity contribution in [2.45, 2.75) is 49.7 Å². The quantitative estimate of drug-likeness (QED) is 0.275. The summed E-state index contributed by atoms with van der Waals surface area (Å²) in [5, 5.41) is 3.33. The Balaban J connectivity index is 1.18. The number of thioether (sulfide) groups is 1. The zero-order chi connectivity index (χ0) is 29.1. The molecule has 222 valence electrons. The molecule has 0 saturated carbocycles. The molecule has 0 radical (unpaired) electrons. The van der Waals surface area contributed by atoms with Gasteiger partial charge in [0, 0.05) is 38.7 Å². The van der Waals surface area contributed by atoms with Gasteiger partial charge in [-0.2, -0.15) is 0 Å². The number of hydrogen-bond acceptors (Lipinski definition) is 10. The summed E-state index contributed by atoms with van der Waals surface area (Å²) in [4.78, 5) is 46.4. The third-order valence-corrected chi connectivity index (χ3v) is 8.68. The lowest BCUT2D eigenvalue weighted by Crippen LogP contribution is -2.44. The average Bonchev–Trinajstić information content (AvgIpc) is 3.68. The smallest absolute Gasteiger partial charge is 0.262 e. The molecule has 3 aromatic rings. The number of amides is 2. The van der Waals surface area contributed by atoms with E-state index in [4.69, 9.17) is 28.7 Å². The Morgan fingerprint density at radius 2 is 1.71 bits per heavy atom. The minimum atomic E-state index is -0.419. The standard InChI is InChI=1S/C29H32N4O8S/c1-2-25(28(36)32-8-10-37-11-9-32)42-29-31-20-14-24-23(40-17-41-24)13-19(20)27(35)33(29)7-3-4-26(34)30-15-18-5-6-21-22(12-18)39-16-38-21/h5-6,12-14,25H,2-4,7-11,15-17H2,1H3,(H,30,34)/t25-/m0/s1. The molecule has 0 spiro atoms. The molecule has 2 aromatic carbocycles. The fourth-order valence-corrected chi connectivity index (χ4v) is 6.16. The van der Waals surface area contributed by atoms with E-state index in [9.17, 15) is 14.4 Å². The lowest BCUT2D eigenvalue weighted by Gasteiger charge is -2.30. The van der Waals surface area contributed by atoms with E-state index in [0.717, 1.165) is 5.56 Å². The van der Waals surface area contributed by atoms with Crippen molar-refractivity contribution in [1.29, 1.82) is 0 Å².